The first kappa shape index (κ1) is 12.1. The van der Waals surface area contributed by atoms with E-state index >= 15 is 0 Å². The molecule has 0 bridgehead atoms. The zero-order valence-corrected chi connectivity index (χ0v) is 6.26. The highest BCUT2D eigenvalue weighted by Gasteiger charge is 2.01. The van der Waals surface area contributed by atoms with Crippen molar-refractivity contribution in [2.24, 2.45) is 11.5 Å². The second-order valence-corrected chi connectivity index (χ2v) is 1.42. The Morgan fingerprint density at radius 3 is 2.60 bits per heavy atom. The predicted octanol–water partition coefficient (Wildman–Crippen LogP) is -0.619. The van der Waals surface area contributed by atoms with E-state index in [0.29, 0.717) is 0 Å². The lowest BCUT2D eigenvalue weighted by molar-refractivity contribution is -0.142. The largest absolute Gasteiger partial charge is 0.442 e. The first-order valence-corrected chi connectivity index (χ1v) is 2.49. The monoisotopic (exact) mass is 166 g/mol. The standard InChI is InChI=1S/C5H10N2O2.ClH/c1-2-5(8)9-4(7)3-6;/h2,4H,1,3,6-7H2;1H. The molecule has 0 aromatic carbocycles. The summed E-state index contributed by atoms with van der Waals surface area (Å²) >= 11 is 0. The van der Waals surface area contributed by atoms with Crippen molar-refractivity contribution in [1.82, 2.24) is 0 Å². The van der Waals surface area contributed by atoms with Gasteiger partial charge in [-0.15, -0.1) is 12.4 Å². The first-order valence-electron chi connectivity index (χ1n) is 2.49. The molecule has 0 heterocycles. The fourth-order valence-corrected chi connectivity index (χ4v) is 0.245. The maximum Gasteiger partial charge on any atom is 0.331 e. The summed E-state index contributed by atoms with van der Waals surface area (Å²) in [6.45, 7) is 3.30. The van der Waals surface area contributed by atoms with Crippen LogP contribution in [0.2, 0.25) is 0 Å². The maximum absolute atomic E-state index is 10.3. The number of ether oxygens (including phenoxy) is 1. The molecule has 0 saturated heterocycles. The number of esters is 1. The van der Waals surface area contributed by atoms with E-state index in [4.69, 9.17) is 11.5 Å². The Kier molecular flexibility index (Phi) is 7.93. The van der Waals surface area contributed by atoms with Gasteiger partial charge in [0.1, 0.15) is 0 Å². The Hall–Kier alpha value is -0.580. The van der Waals surface area contributed by atoms with Crippen LogP contribution in [-0.2, 0) is 9.53 Å². The summed E-state index contributed by atoms with van der Waals surface area (Å²) in [5.41, 5.74) is 10.2. The highest BCUT2D eigenvalue weighted by molar-refractivity contribution is 5.85. The molecule has 0 radical (unpaired) electrons. The van der Waals surface area contributed by atoms with Gasteiger partial charge in [-0.1, -0.05) is 6.58 Å². The van der Waals surface area contributed by atoms with Crippen LogP contribution >= 0.6 is 12.4 Å². The van der Waals surface area contributed by atoms with Crippen LogP contribution in [0.25, 0.3) is 0 Å². The summed E-state index contributed by atoms with van der Waals surface area (Å²) in [6, 6.07) is 0. The molecule has 0 saturated carbocycles. The SMILES string of the molecule is C=CC(=O)OC(N)CN.Cl. The minimum absolute atomic E-state index is 0. The molecule has 10 heavy (non-hydrogen) atoms. The average molecular weight is 167 g/mol. The van der Waals surface area contributed by atoms with E-state index in [-0.39, 0.29) is 19.0 Å². The van der Waals surface area contributed by atoms with Crippen LogP contribution in [0.5, 0.6) is 0 Å². The van der Waals surface area contributed by atoms with Gasteiger partial charge in [-0.2, -0.15) is 0 Å². The quantitative estimate of drug-likeness (QED) is 0.333. The van der Waals surface area contributed by atoms with E-state index in [0.717, 1.165) is 6.08 Å². The number of rotatable bonds is 3. The average Bonchev–Trinajstić information content (AvgIpc) is 1.87. The molecular weight excluding hydrogens is 156 g/mol. The second-order valence-electron chi connectivity index (χ2n) is 1.42. The molecule has 4 N–H and O–H groups in total. The molecule has 0 spiro atoms. The maximum atomic E-state index is 10.3. The van der Waals surface area contributed by atoms with E-state index < -0.39 is 12.2 Å². The number of nitrogens with two attached hydrogens (primary N) is 2. The Bertz CT molecular complexity index is 118. The summed E-state index contributed by atoms with van der Waals surface area (Å²) in [7, 11) is 0. The van der Waals surface area contributed by atoms with Crippen molar-refractivity contribution in [3.8, 4) is 0 Å². The Labute approximate surface area is 65.6 Å². The number of hydrogen-bond donors (Lipinski definition) is 2. The molecule has 4 nitrogen and oxygen atoms in total. The molecule has 0 aromatic rings. The molecule has 1 unspecified atom stereocenters. The van der Waals surface area contributed by atoms with Crippen LogP contribution in [0, 0.1) is 0 Å². The van der Waals surface area contributed by atoms with Crippen LogP contribution in [0.3, 0.4) is 0 Å². The van der Waals surface area contributed by atoms with Gasteiger partial charge in [0, 0.05) is 12.6 Å². The predicted molar refractivity (Wildman–Crippen MR) is 40.6 cm³/mol. The minimum atomic E-state index is -0.713. The van der Waals surface area contributed by atoms with E-state index in [9.17, 15) is 4.79 Å². The molecule has 0 aliphatic carbocycles. The molecule has 0 aromatic heterocycles. The highest BCUT2D eigenvalue weighted by atomic mass is 35.5. The number of carbonyl (C=O) groups excluding carboxylic acids is 1. The second kappa shape index (κ2) is 6.54. The van der Waals surface area contributed by atoms with Crippen molar-refractivity contribution in [3.63, 3.8) is 0 Å². The van der Waals surface area contributed by atoms with E-state index in [1.165, 1.54) is 0 Å². The Morgan fingerprint density at radius 1 is 1.80 bits per heavy atom. The summed E-state index contributed by atoms with van der Waals surface area (Å²) in [5.74, 6) is -0.548. The normalized spacial score (nSPS) is 11.0. The van der Waals surface area contributed by atoms with Crippen molar-refractivity contribution in [2.75, 3.05) is 6.54 Å². The molecule has 1 atom stereocenters. The summed E-state index contributed by atoms with van der Waals surface area (Å²) in [4.78, 5) is 10.3. The van der Waals surface area contributed by atoms with E-state index in [2.05, 4.69) is 11.3 Å². The molecule has 0 fully saturated rings. The van der Waals surface area contributed by atoms with E-state index in [1.807, 2.05) is 0 Å². The van der Waals surface area contributed by atoms with Crippen molar-refractivity contribution in [2.45, 2.75) is 6.23 Å². The zero-order valence-electron chi connectivity index (χ0n) is 5.45. The van der Waals surface area contributed by atoms with Crippen LogP contribution in [0.1, 0.15) is 0 Å². The first-order chi connectivity index (χ1) is 4.20. The number of carbonyl (C=O) groups is 1. The van der Waals surface area contributed by atoms with Gasteiger partial charge in [0.25, 0.3) is 0 Å². The van der Waals surface area contributed by atoms with Gasteiger partial charge >= 0.3 is 5.97 Å². The van der Waals surface area contributed by atoms with Crippen LogP contribution in [0.15, 0.2) is 12.7 Å². The number of halogens is 1. The fraction of sp³-hybridized carbons (Fsp3) is 0.400. The molecule has 0 rings (SSSR count). The van der Waals surface area contributed by atoms with Gasteiger partial charge in [0.15, 0.2) is 6.23 Å². The topological polar surface area (TPSA) is 78.3 Å². The Balaban J connectivity index is 0. The lowest BCUT2D eigenvalue weighted by Crippen LogP contribution is -2.34. The molecule has 60 valence electrons. The molecule has 0 aliphatic heterocycles. The molecule has 5 heteroatoms. The summed E-state index contributed by atoms with van der Waals surface area (Å²) < 4.78 is 4.44. The zero-order chi connectivity index (χ0) is 7.28. The van der Waals surface area contributed by atoms with Crippen molar-refractivity contribution in [3.05, 3.63) is 12.7 Å². The smallest absolute Gasteiger partial charge is 0.331 e. The third-order valence-electron chi connectivity index (χ3n) is 0.667. The third kappa shape index (κ3) is 5.55. The van der Waals surface area contributed by atoms with Gasteiger partial charge in [-0.3, -0.25) is 5.73 Å². The molecule has 0 aliphatic rings. The molecule has 0 amide bonds. The lowest BCUT2D eigenvalue weighted by atomic mass is 10.6. The summed E-state index contributed by atoms with van der Waals surface area (Å²) in [5, 5.41) is 0. The highest BCUT2D eigenvalue weighted by Crippen LogP contribution is 1.81. The van der Waals surface area contributed by atoms with Gasteiger partial charge < -0.3 is 10.5 Å². The van der Waals surface area contributed by atoms with Crippen molar-refractivity contribution >= 4 is 18.4 Å². The van der Waals surface area contributed by atoms with Gasteiger partial charge in [-0.25, -0.2) is 4.79 Å². The fourth-order valence-electron chi connectivity index (χ4n) is 0.245. The summed E-state index contributed by atoms with van der Waals surface area (Å²) in [6.07, 6.45) is 0.325. The van der Waals surface area contributed by atoms with Crippen LogP contribution in [0.4, 0.5) is 0 Å². The lowest BCUT2D eigenvalue weighted by Gasteiger charge is -2.06. The van der Waals surface area contributed by atoms with Crippen LogP contribution < -0.4 is 11.5 Å². The third-order valence-corrected chi connectivity index (χ3v) is 0.667. The van der Waals surface area contributed by atoms with E-state index in [1.54, 1.807) is 0 Å². The van der Waals surface area contributed by atoms with Crippen molar-refractivity contribution in [1.29, 1.82) is 0 Å². The molecular formula is C5H11ClN2O2. The van der Waals surface area contributed by atoms with Crippen molar-refractivity contribution < 1.29 is 9.53 Å². The minimum Gasteiger partial charge on any atom is -0.442 e. The van der Waals surface area contributed by atoms with Gasteiger partial charge in [-0.05, 0) is 0 Å². The Morgan fingerprint density at radius 2 is 2.30 bits per heavy atom. The van der Waals surface area contributed by atoms with Crippen LogP contribution in [-0.4, -0.2) is 18.7 Å². The number of hydrogen-bond acceptors (Lipinski definition) is 4. The van der Waals surface area contributed by atoms with Gasteiger partial charge in [0.05, 0.1) is 0 Å². The van der Waals surface area contributed by atoms with Gasteiger partial charge in [0.2, 0.25) is 0 Å².